The Kier molecular flexibility index (Phi) is 10.4. The van der Waals surface area contributed by atoms with Gasteiger partial charge in [-0.2, -0.15) is 0 Å². The molecule has 5 heteroatoms. The van der Waals surface area contributed by atoms with E-state index in [1.807, 2.05) is 6.92 Å². The van der Waals surface area contributed by atoms with Gasteiger partial charge < -0.3 is 20.9 Å². The van der Waals surface area contributed by atoms with E-state index in [1.165, 1.54) is 0 Å². The molecule has 0 saturated carbocycles. The summed E-state index contributed by atoms with van der Waals surface area (Å²) >= 11 is 0. The second kappa shape index (κ2) is 10.9. The lowest BCUT2D eigenvalue weighted by molar-refractivity contribution is -0.121. The summed E-state index contributed by atoms with van der Waals surface area (Å²) in [6.45, 7) is 4.27. The number of ether oxygens (including phenoxy) is 1. The standard InChI is InChI=1S/C11H24N2O3/c1-10(9-12)3-4-11(15)13-5-2-7-16-8-6-14/h10,14H,2-9,12H2,1H3,(H,13,15). The molecule has 0 radical (unpaired) electrons. The van der Waals surface area contributed by atoms with Gasteiger partial charge in [-0.3, -0.25) is 4.79 Å². The molecule has 0 fully saturated rings. The Labute approximate surface area is 97.3 Å². The van der Waals surface area contributed by atoms with Crippen molar-refractivity contribution < 1.29 is 14.6 Å². The van der Waals surface area contributed by atoms with Crippen LogP contribution in [0.2, 0.25) is 0 Å². The van der Waals surface area contributed by atoms with E-state index in [4.69, 9.17) is 15.6 Å². The molecule has 4 N–H and O–H groups in total. The van der Waals surface area contributed by atoms with Crippen molar-refractivity contribution in [3.8, 4) is 0 Å². The van der Waals surface area contributed by atoms with E-state index >= 15 is 0 Å². The Balaban J connectivity index is 3.24. The summed E-state index contributed by atoms with van der Waals surface area (Å²) in [6, 6.07) is 0. The molecule has 0 aromatic carbocycles. The SMILES string of the molecule is CC(CN)CCC(=O)NCCCOCCO. The van der Waals surface area contributed by atoms with Crippen molar-refractivity contribution in [1.29, 1.82) is 0 Å². The fraction of sp³-hybridized carbons (Fsp3) is 0.909. The minimum atomic E-state index is 0.0450. The van der Waals surface area contributed by atoms with Crippen molar-refractivity contribution in [2.75, 3.05) is 32.9 Å². The highest BCUT2D eigenvalue weighted by Gasteiger charge is 2.04. The average Bonchev–Trinajstić information content (AvgIpc) is 2.30. The van der Waals surface area contributed by atoms with Crippen LogP contribution in [0.1, 0.15) is 26.2 Å². The van der Waals surface area contributed by atoms with Crippen molar-refractivity contribution >= 4 is 5.91 Å². The Bertz CT molecular complexity index is 177. The van der Waals surface area contributed by atoms with E-state index in [0.717, 1.165) is 12.8 Å². The largest absolute Gasteiger partial charge is 0.394 e. The van der Waals surface area contributed by atoms with Gasteiger partial charge in [0, 0.05) is 19.6 Å². The number of aliphatic hydroxyl groups is 1. The second-order valence-electron chi connectivity index (χ2n) is 3.92. The van der Waals surface area contributed by atoms with Gasteiger partial charge in [0.2, 0.25) is 5.91 Å². The molecule has 0 rings (SSSR count). The molecule has 0 aromatic rings. The van der Waals surface area contributed by atoms with Gasteiger partial charge in [0.1, 0.15) is 0 Å². The average molecular weight is 232 g/mol. The van der Waals surface area contributed by atoms with Crippen LogP contribution in [0.15, 0.2) is 0 Å². The second-order valence-corrected chi connectivity index (χ2v) is 3.92. The smallest absolute Gasteiger partial charge is 0.220 e. The molecule has 0 aliphatic rings. The summed E-state index contributed by atoms with van der Waals surface area (Å²) in [5.74, 6) is 0.473. The molecular formula is C11H24N2O3. The van der Waals surface area contributed by atoms with Crippen LogP contribution in [0.5, 0.6) is 0 Å². The fourth-order valence-electron chi connectivity index (χ4n) is 1.15. The molecule has 0 bridgehead atoms. The quantitative estimate of drug-likeness (QED) is 0.458. The third kappa shape index (κ3) is 9.89. The highest BCUT2D eigenvalue weighted by molar-refractivity contribution is 5.75. The normalized spacial score (nSPS) is 12.4. The highest BCUT2D eigenvalue weighted by Crippen LogP contribution is 2.02. The molecular weight excluding hydrogens is 208 g/mol. The number of nitrogens with one attached hydrogen (secondary N) is 1. The maximum atomic E-state index is 11.3. The van der Waals surface area contributed by atoms with E-state index in [9.17, 15) is 4.79 Å². The molecule has 1 atom stereocenters. The summed E-state index contributed by atoms with van der Waals surface area (Å²) in [6.07, 6.45) is 2.15. The number of nitrogens with two attached hydrogens (primary N) is 1. The zero-order valence-electron chi connectivity index (χ0n) is 10.1. The summed E-state index contributed by atoms with van der Waals surface area (Å²) < 4.78 is 5.06. The molecule has 96 valence electrons. The van der Waals surface area contributed by atoms with Crippen LogP contribution >= 0.6 is 0 Å². The van der Waals surface area contributed by atoms with Gasteiger partial charge in [-0.05, 0) is 25.3 Å². The third-order valence-corrected chi connectivity index (χ3v) is 2.29. The Morgan fingerprint density at radius 3 is 2.88 bits per heavy atom. The van der Waals surface area contributed by atoms with Crippen LogP contribution in [-0.2, 0) is 9.53 Å². The van der Waals surface area contributed by atoms with Crippen LogP contribution < -0.4 is 11.1 Å². The number of hydrogen-bond acceptors (Lipinski definition) is 4. The first kappa shape index (κ1) is 15.3. The topological polar surface area (TPSA) is 84.6 Å². The van der Waals surface area contributed by atoms with E-state index in [2.05, 4.69) is 5.32 Å². The van der Waals surface area contributed by atoms with Gasteiger partial charge in [0.05, 0.1) is 13.2 Å². The molecule has 5 nitrogen and oxygen atoms in total. The zero-order chi connectivity index (χ0) is 12.2. The summed E-state index contributed by atoms with van der Waals surface area (Å²) in [5, 5.41) is 11.3. The summed E-state index contributed by atoms with van der Waals surface area (Å²) in [4.78, 5) is 11.3. The van der Waals surface area contributed by atoms with Gasteiger partial charge in [-0.15, -0.1) is 0 Å². The first-order valence-corrected chi connectivity index (χ1v) is 5.86. The van der Waals surface area contributed by atoms with E-state index in [0.29, 0.717) is 38.6 Å². The lowest BCUT2D eigenvalue weighted by Gasteiger charge is -2.08. The zero-order valence-corrected chi connectivity index (χ0v) is 10.1. The molecule has 0 heterocycles. The number of carbonyl (C=O) groups excluding carboxylic acids is 1. The predicted octanol–water partition coefficient (Wildman–Crippen LogP) is -0.123. The first-order valence-electron chi connectivity index (χ1n) is 5.86. The Hall–Kier alpha value is -0.650. The first-order chi connectivity index (χ1) is 7.70. The number of hydrogen-bond donors (Lipinski definition) is 3. The highest BCUT2D eigenvalue weighted by atomic mass is 16.5. The number of rotatable bonds is 10. The maximum absolute atomic E-state index is 11.3. The van der Waals surface area contributed by atoms with Crippen LogP contribution in [0.4, 0.5) is 0 Å². The van der Waals surface area contributed by atoms with Crippen LogP contribution in [0.25, 0.3) is 0 Å². The van der Waals surface area contributed by atoms with Crippen molar-refractivity contribution in [3.05, 3.63) is 0 Å². The van der Waals surface area contributed by atoms with Gasteiger partial charge in [0.15, 0.2) is 0 Å². The van der Waals surface area contributed by atoms with Crippen molar-refractivity contribution in [2.24, 2.45) is 11.7 Å². The molecule has 0 aliphatic heterocycles. The van der Waals surface area contributed by atoms with Gasteiger partial charge in [-0.25, -0.2) is 0 Å². The van der Waals surface area contributed by atoms with E-state index in [1.54, 1.807) is 0 Å². The molecule has 1 amide bonds. The fourth-order valence-corrected chi connectivity index (χ4v) is 1.15. The van der Waals surface area contributed by atoms with Gasteiger partial charge in [-0.1, -0.05) is 6.92 Å². The van der Waals surface area contributed by atoms with Gasteiger partial charge in [0.25, 0.3) is 0 Å². The van der Waals surface area contributed by atoms with Crippen molar-refractivity contribution in [2.45, 2.75) is 26.2 Å². The lowest BCUT2D eigenvalue weighted by Crippen LogP contribution is -2.26. The van der Waals surface area contributed by atoms with E-state index < -0.39 is 0 Å². The molecule has 1 unspecified atom stereocenters. The van der Waals surface area contributed by atoms with Crippen LogP contribution in [0, 0.1) is 5.92 Å². The Morgan fingerprint density at radius 2 is 2.25 bits per heavy atom. The number of carbonyl (C=O) groups is 1. The minimum absolute atomic E-state index is 0.0450. The summed E-state index contributed by atoms with van der Waals surface area (Å²) in [5.41, 5.74) is 5.46. The number of aliphatic hydroxyl groups excluding tert-OH is 1. The van der Waals surface area contributed by atoms with Crippen LogP contribution in [0.3, 0.4) is 0 Å². The lowest BCUT2D eigenvalue weighted by atomic mass is 10.1. The molecule has 16 heavy (non-hydrogen) atoms. The van der Waals surface area contributed by atoms with Crippen LogP contribution in [-0.4, -0.2) is 43.9 Å². The molecule has 0 aliphatic carbocycles. The third-order valence-electron chi connectivity index (χ3n) is 2.29. The molecule has 0 spiro atoms. The monoisotopic (exact) mass is 232 g/mol. The maximum Gasteiger partial charge on any atom is 0.220 e. The Morgan fingerprint density at radius 1 is 1.50 bits per heavy atom. The summed E-state index contributed by atoms with van der Waals surface area (Å²) in [7, 11) is 0. The number of amides is 1. The van der Waals surface area contributed by atoms with Gasteiger partial charge >= 0.3 is 0 Å². The molecule has 0 saturated heterocycles. The molecule has 0 aromatic heterocycles. The minimum Gasteiger partial charge on any atom is -0.394 e. The van der Waals surface area contributed by atoms with Crippen molar-refractivity contribution in [1.82, 2.24) is 5.32 Å². The van der Waals surface area contributed by atoms with E-state index in [-0.39, 0.29) is 12.5 Å². The predicted molar refractivity (Wildman–Crippen MR) is 63.0 cm³/mol. The van der Waals surface area contributed by atoms with Crippen molar-refractivity contribution in [3.63, 3.8) is 0 Å².